The molecule has 0 bridgehead atoms. The first-order chi connectivity index (χ1) is 12.6. The molecule has 3 aromatic rings. The number of benzene rings is 1. The molecule has 0 aliphatic rings. The number of aromatic nitrogens is 1. The number of hydrogen-bond acceptors (Lipinski definition) is 6. The predicted octanol–water partition coefficient (Wildman–Crippen LogP) is 4.21. The molecular weight excluding hydrogens is 368 g/mol. The molecule has 1 amide bonds. The largest absolute Gasteiger partial charge is 0.469 e. The molecular formula is C19H18N2O3S2. The molecule has 0 saturated heterocycles. The topological polar surface area (TPSA) is 68.3 Å². The molecule has 134 valence electrons. The van der Waals surface area contributed by atoms with Crippen molar-refractivity contribution in [3.05, 3.63) is 64.0 Å². The van der Waals surface area contributed by atoms with E-state index in [0.29, 0.717) is 10.6 Å². The van der Waals surface area contributed by atoms with Crippen molar-refractivity contribution in [2.24, 2.45) is 0 Å². The SMILES string of the molecule is COC(=O)C[C@@H](NC(=O)c1sc(-c2cccs2)nc1C)c1ccccc1. The van der Waals surface area contributed by atoms with Crippen LogP contribution in [0.2, 0.25) is 0 Å². The summed E-state index contributed by atoms with van der Waals surface area (Å²) in [7, 11) is 1.34. The third-order valence-electron chi connectivity index (χ3n) is 3.84. The first-order valence-corrected chi connectivity index (χ1v) is 9.72. The highest BCUT2D eigenvalue weighted by atomic mass is 32.1. The fourth-order valence-electron chi connectivity index (χ4n) is 2.52. The summed E-state index contributed by atoms with van der Waals surface area (Å²) in [6.45, 7) is 1.82. The molecule has 1 N–H and O–H groups in total. The molecule has 0 unspecified atom stereocenters. The Morgan fingerprint density at radius 2 is 1.96 bits per heavy atom. The van der Waals surface area contributed by atoms with Crippen molar-refractivity contribution in [1.29, 1.82) is 0 Å². The molecule has 0 saturated carbocycles. The van der Waals surface area contributed by atoms with E-state index in [4.69, 9.17) is 4.74 Å². The number of methoxy groups -OCH3 is 1. The molecule has 1 aromatic carbocycles. The van der Waals surface area contributed by atoms with E-state index >= 15 is 0 Å². The van der Waals surface area contributed by atoms with Crippen LogP contribution in [0, 0.1) is 6.92 Å². The molecule has 5 nitrogen and oxygen atoms in total. The monoisotopic (exact) mass is 386 g/mol. The van der Waals surface area contributed by atoms with Crippen LogP contribution in [0.1, 0.15) is 33.4 Å². The standard InChI is InChI=1S/C19H18N2O3S2/c1-12-17(26-19(20-12)15-9-6-10-25-15)18(23)21-14(11-16(22)24-2)13-7-4-3-5-8-13/h3-10,14H,11H2,1-2H3,(H,21,23)/t14-/m1/s1. The van der Waals surface area contributed by atoms with E-state index in [1.54, 1.807) is 11.3 Å². The first kappa shape index (κ1) is 18.3. The van der Waals surface area contributed by atoms with Crippen LogP contribution in [0.25, 0.3) is 9.88 Å². The second-order valence-electron chi connectivity index (χ2n) is 5.63. The summed E-state index contributed by atoms with van der Waals surface area (Å²) >= 11 is 2.95. The first-order valence-electron chi connectivity index (χ1n) is 8.02. The van der Waals surface area contributed by atoms with Gasteiger partial charge in [-0.05, 0) is 23.9 Å². The minimum Gasteiger partial charge on any atom is -0.469 e. The van der Waals surface area contributed by atoms with E-state index in [1.807, 2.05) is 54.8 Å². The average Bonchev–Trinajstić information content (AvgIpc) is 3.31. The van der Waals surface area contributed by atoms with Gasteiger partial charge in [0.2, 0.25) is 0 Å². The number of thiophene rings is 1. The number of ether oxygens (including phenoxy) is 1. The summed E-state index contributed by atoms with van der Waals surface area (Å²) < 4.78 is 4.77. The van der Waals surface area contributed by atoms with Gasteiger partial charge in [-0.25, -0.2) is 4.98 Å². The van der Waals surface area contributed by atoms with Crippen molar-refractivity contribution in [3.8, 4) is 9.88 Å². The number of carbonyl (C=O) groups is 2. The van der Waals surface area contributed by atoms with Gasteiger partial charge in [-0.1, -0.05) is 36.4 Å². The van der Waals surface area contributed by atoms with Gasteiger partial charge in [0, 0.05) is 0 Å². The predicted molar refractivity (Wildman–Crippen MR) is 103 cm³/mol. The number of rotatable bonds is 6. The lowest BCUT2D eigenvalue weighted by Crippen LogP contribution is -2.30. The van der Waals surface area contributed by atoms with Crippen LogP contribution in [0.4, 0.5) is 0 Å². The summed E-state index contributed by atoms with van der Waals surface area (Å²) in [5.41, 5.74) is 1.53. The van der Waals surface area contributed by atoms with Crippen molar-refractivity contribution in [3.63, 3.8) is 0 Å². The van der Waals surface area contributed by atoms with Crippen LogP contribution < -0.4 is 5.32 Å². The molecule has 7 heteroatoms. The number of amides is 1. The number of nitrogens with zero attached hydrogens (tertiary/aromatic N) is 1. The Balaban J connectivity index is 1.82. The van der Waals surface area contributed by atoms with Crippen molar-refractivity contribution in [1.82, 2.24) is 10.3 Å². The molecule has 3 rings (SSSR count). The number of esters is 1. The minimum absolute atomic E-state index is 0.0713. The van der Waals surface area contributed by atoms with E-state index in [9.17, 15) is 9.59 Å². The highest BCUT2D eigenvalue weighted by Gasteiger charge is 2.23. The molecule has 2 heterocycles. The Kier molecular flexibility index (Phi) is 5.80. The van der Waals surface area contributed by atoms with Gasteiger partial charge in [0.05, 0.1) is 30.1 Å². The van der Waals surface area contributed by atoms with E-state index in [1.165, 1.54) is 18.4 Å². The average molecular weight is 386 g/mol. The van der Waals surface area contributed by atoms with Crippen LogP contribution in [-0.2, 0) is 9.53 Å². The van der Waals surface area contributed by atoms with Gasteiger partial charge in [0.15, 0.2) is 0 Å². The summed E-state index contributed by atoms with van der Waals surface area (Å²) in [5.74, 6) is -0.611. The lowest BCUT2D eigenvalue weighted by Gasteiger charge is -2.18. The van der Waals surface area contributed by atoms with Crippen molar-refractivity contribution >= 4 is 34.6 Å². The van der Waals surface area contributed by atoms with Gasteiger partial charge >= 0.3 is 5.97 Å². The van der Waals surface area contributed by atoms with E-state index in [2.05, 4.69) is 10.3 Å². The molecule has 2 aromatic heterocycles. The Hall–Kier alpha value is -2.51. The van der Waals surface area contributed by atoms with E-state index in [0.717, 1.165) is 15.4 Å². The molecule has 0 aliphatic carbocycles. The Morgan fingerprint density at radius 3 is 2.62 bits per heavy atom. The minimum atomic E-state index is -0.456. The van der Waals surface area contributed by atoms with Crippen molar-refractivity contribution in [2.45, 2.75) is 19.4 Å². The van der Waals surface area contributed by atoms with Crippen LogP contribution in [0.15, 0.2) is 47.8 Å². The molecule has 0 radical (unpaired) electrons. The zero-order valence-corrected chi connectivity index (χ0v) is 16.0. The normalized spacial score (nSPS) is 11.8. The number of hydrogen-bond donors (Lipinski definition) is 1. The third kappa shape index (κ3) is 4.17. The number of nitrogens with one attached hydrogen (secondary N) is 1. The summed E-state index contributed by atoms with van der Waals surface area (Å²) in [4.78, 5) is 30.7. The molecule has 26 heavy (non-hydrogen) atoms. The van der Waals surface area contributed by atoms with Crippen molar-refractivity contribution in [2.75, 3.05) is 7.11 Å². The number of carbonyl (C=O) groups excluding carboxylic acids is 2. The molecule has 0 aliphatic heterocycles. The number of aryl methyl sites for hydroxylation is 1. The van der Waals surface area contributed by atoms with Gasteiger partial charge in [0.25, 0.3) is 5.91 Å². The van der Waals surface area contributed by atoms with Crippen LogP contribution in [0.3, 0.4) is 0 Å². The fraction of sp³-hybridized carbons (Fsp3) is 0.211. The Morgan fingerprint density at radius 1 is 1.19 bits per heavy atom. The maximum atomic E-state index is 12.8. The van der Waals surface area contributed by atoms with Crippen LogP contribution >= 0.6 is 22.7 Å². The zero-order valence-electron chi connectivity index (χ0n) is 14.4. The summed E-state index contributed by atoms with van der Waals surface area (Å²) in [6, 6.07) is 12.9. The quantitative estimate of drug-likeness (QED) is 0.644. The highest BCUT2D eigenvalue weighted by Crippen LogP contribution is 2.31. The van der Waals surface area contributed by atoms with Crippen LogP contribution in [0.5, 0.6) is 0 Å². The lowest BCUT2D eigenvalue weighted by molar-refractivity contribution is -0.141. The lowest BCUT2D eigenvalue weighted by atomic mass is 10.0. The Labute approximate surface area is 159 Å². The molecule has 0 fully saturated rings. The molecule has 1 atom stereocenters. The maximum Gasteiger partial charge on any atom is 0.307 e. The van der Waals surface area contributed by atoms with E-state index < -0.39 is 6.04 Å². The summed E-state index contributed by atoms with van der Waals surface area (Å²) in [6.07, 6.45) is 0.0713. The second-order valence-corrected chi connectivity index (χ2v) is 7.57. The maximum absolute atomic E-state index is 12.8. The number of thiazole rings is 1. The van der Waals surface area contributed by atoms with Crippen LogP contribution in [-0.4, -0.2) is 24.0 Å². The second kappa shape index (κ2) is 8.25. The van der Waals surface area contributed by atoms with Crippen molar-refractivity contribution < 1.29 is 14.3 Å². The van der Waals surface area contributed by atoms with Gasteiger partial charge in [-0.3, -0.25) is 9.59 Å². The van der Waals surface area contributed by atoms with Gasteiger partial charge in [-0.15, -0.1) is 22.7 Å². The smallest absolute Gasteiger partial charge is 0.307 e. The molecule has 0 spiro atoms. The third-order valence-corrected chi connectivity index (χ3v) is 6.04. The van der Waals surface area contributed by atoms with Gasteiger partial charge in [0.1, 0.15) is 9.88 Å². The van der Waals surface area contributed by atoms with Gasteiger partial charge in [-0.2, -0.15) is 0 Å². The highest BCUT2D eigenvalue weighted by molar-refractivity contribution is 7.22. The zero-order chi connectivity index (χ0) is 18.5. The van der Waals surface area contributed by atoms with Gasteiger partial charge < -0.3 is 10.1 Å². The fourth-order valence-corrected chi connectivity index (χ4v) is 4.29. The summed E-state index contributed by atoms with van der Waals surface area (Å²) in [5, 5.41) is 5.75. The van der Waals surface area contributed by atoms with E-state index in [-0.39, 0.29) is 18.3 Å². The Bertz CT molecular complexity index is 889.